The predicted molar refractivity (Wildman–Crippen MR) is 122 cm³/mol. The lowest BCUT2D eigenvalue weighted by atomic mass is 9.46. The van der Waals surface area contributed by atoms with Crippen LogP contribution >= 0.6 is 0 Å². The standard InChI is InChI=1S/C29H32/c1-2-10-24(9-1)28(25-11-3-4-12-25)18-22-17-23(19-28)21-29(20-22,26-13-5-6-14-26)27-15-7-8-16-27/h1-16,22-27H,17-21H2. The van der Waals surface area contributed by atoms with Crippen LogP contribution in [-0.4, -0.2) is 0 Å². The maximum Gasteiger partial charge on any atom is 0.00181 e. The summed E-state index contributed by atoms with van der Waals surface area (Å²) in [5, 5.41) is 0. The molecule has 148 valence electrons. The highest BCUT2D eigenvalue weighted by molar-refractivity contribution is 5.32. The molecule has 29 heavy (non-hydrogen) atoms. The van der Waals surface area contributed by atoms with E-state index in [1.165, 1.54) is 32.1 Å². The summed E-state index contributed by atoms with van der Waals surface area (Å²) in [6, 6.07) is 0. The Kier molecular flexibility index (Phi) is 4.12. The molecule has 0 aromatic heterocycles. The van der Waals surface area contributed by atoms with Crippen LogP contribution in [0.25, 0.3) is 0 Å². The van der Waals surface area contributed by atoms with Crippen LogP contribution in [0, 0.1) is 46.3 Å². The van der Waals surface area contributed by atoms with E-state index in [4.69, 9.17) is 0 Å². The molecule has 6 aliphatic carbocycles. The molecule has 0 atom stereocenters. The zero-order valence-corrected chi connectivity index (χ0v) is 17.2. The summed E-state index contributed by atoms with van der Waals surface area (Å²) in [5.74, 6) is 4.12. The van der Waals surface area contributed by atoms with Crippen LogP contribution in [0.15, 0.2) is 97.2 Å². The first-order chi connectivity index (χ1) is 14.3. The molecule has 0 aliphatic heterocycles. The fraction of sp³-hybridized carbons (Fsp3) is 0.448. The molecular weight excluding hydrogens is 348 g/mol. The molecular formula is C29H32. The fourth-order valence-corrected chi connectivity index (χ4v) is 8.06. The molecule has 0 aromatic rings. The third kappa shape index (κ3) is 2.71. The van der Waals surface area contributed by atoms with Crippen molar-refractivity contribution in [2.24, 2.45) is 46.3 Å². The van der Waals surface area contributed by atoms with Crippen molar-refractivity contribution in [3.8, 4) is 0 Å². The van der Waals surface area contributed by atoms with E-state index in [1.54, 1.807) is 0 Å². The lowest BCUT2D eigenvalue weighted by molar-refractivity contribution is -0.0540. The van der Waals surface area contributed by atoms with Crippen molar-refractivity contribution >= 4 is 0 Å². The van der Waals surface area contributed by atoms with Crippen LogP contribution in [0.5, 0.6) is 0 Å². The van der Waals surface area contributed by atoms with E-state index in [1.807, 2.05) is 0 Å². The molecule has 2 fully saturated rings. The Balaban J connectivity index is 1.36. The van der Waals surface area contributed by atoms with Crippen molar-refractivity contribution in [2.75, 3.05) is 0 Å². The van der Waals surface area contributed by atoms with Crippen molar-refractivity contribution in [1.29, 1.82) is 0 Å². The van der Waals surface area contributed by atoms with Gasteiger partial charge in [0.25, 0.3) is 0 Å². The number of hydrogen-bond acceptors (Lipinski definition) is 0. The van der Waals surface area contributed by atoms with Gasteiger partial charge in [-0.1, -0.05) is 97.2 Å². The molecule has 0 nitrogen and oxygen atoms in total. The maximum atomic E-state index is 2.49. The lowest BCUT2D eigenvalue weighted by Gasteiger charge is -2.58. The van der Waals surface area contributed by atoms with Crippen molar-refractivity contribution in [2.45, 2.75) is 32.1 Å². The van der Waals surface area contributed by atoms with Gasteiger partial charge in [-0.2, -0.15) is 0 Å². The molecule has 2 saturated carbocycles. The second-order valence-corrected chi connectivity index (χ2v) is 10.4. The summed E-state index contributed by atoms with van der Waals surface area (Å²) in [4.78, 5) is 0. The molecule has 2 bridgehead atoms. The molecule has 0 heterocycles. The first-order valence-corrected chi connectivity index (χ1v) is 11.7. The van der Waals surface area contributed by atoms with Gasteiger partial charge in [-0.3, -0.25) is 0 Å². The average molecular weight is 381 g/mol. The van der Waals surface area contributed by atoms with Gasteiger partial charge in [0, 0.05) is 23.7 Å². The van der Waals surface area contributed by atoms with Gasteiger partial charge >= 0.3 is 0 Å². The average Bonchev–Trinajstić information content (AvgIpc) is 3.53. The summed E-state index contributed by atoms with van der Waals surface area (Å²) in [6.45, 7) is 0. The quantitative estimate of drug-likeness (QED) is 0.486. The first-order valence-electron chi connectivity index (χ1n) is 11.7. The molecule has 0 N–H and O–H groups in total. The highest BCUT2D eigenvalue weighted by Gasteiger charge is 2.56. The van der Waals surface area contributed by atoms with E-state index in [9.17, 15) is 0 Å². The van der Waals surface area contributed by atoms with Gasteiger partial charge in [-0.25, -0.2) is 0 Å². The Labute approximate surface area is 175 Å². The SMILES string of the molecule is C1=CC(C2(C3C=CC=C3)CC3CC(C2)CC(C2C=CC=C2)(C2C=CC=C2)C3)C=C1. The van der Waals surface area contributed by atoms with Crippen LogP contribution in [-0.2, 0) is 0 Å². The van der Waals surface area contributed by atoms with E-state index < -0.39 is 0 Å². The maximum absolute atomic E-state index is 2.49. The first kappa shape index (κ1) is 17.8. The highest BCUT2D eigenvalue weighted by atomic mass is 14.6. The molecule has 6 rings (SSSR count). The molecule has 6 aliphatic rings. The Bertz CT molecular complexity index is 704. The van der Waals surface area contributed by atoms with Crippen LogP contribution in [0.2, 0.25) is 0 Å². The zero-order chi connectivity index (χ0) is 19.3. The Morgan fingerprint density at radius 3 is 0.862 bits per heavy atom. The monoisotopic (exact) mass is 380 g/mol. The molecule has 0 unspecified atom stereocenters. The van der Waals surface area contributed by atoms with E-state index in [0.717, 1.165) is 11.8 Å². The minimum absolute atomic E-state index is 0.384. The summed E-state index contributed by atoms with van der Waals surface area (Å²) in [6.07, 6.45) is 45.1. The van der Waals surface area contributed by atoms with Gasteiger partial charge in [-0.15, -0.1) is 0 Å². The molecule has 0 radical (unpaired) electrons. The van der Waals surface area contributed by atoms with Gasteiger partial charge in [0.2, 0.25) is 0 Å². The molecule has 0 heteroatoms. The molecule has 0 spiro atoms. The van der Waals surface area contributed by atoms with Crippen LogP contribution in [0.3, 0.4) is 0 Å². The van der Waals surface area contributed by atoms with Gasteiger partial charge < -0.3 is 0 Å². The normalized spacial score (nSPS) is 34.5. The Hall–Kier alpha value is -2.08. The van der Waals surface area contributed by atoms with Crippen LogP contribution in [0.1, 0.15) is 32.1 Å². The topological polar surface area (TPSA) is 0 Å². The predicted octanol–water partition coefficient (Wildman–Crippen LogP) is 7.14. The number of hydrogen-bond donors (Lipinski definition) is 0. The van der Waals surface area contributed by atoms with Crippen LogP contribution < -0.4 is 0 Å². The smallest absolute Gasteiger partial charge is 0.00181 e. The Morgan fingerprint density at radius 1 is 0.379 bits per heavy atom. The Morgan fingerprint density at radius 2 is 0.621 bits per heavy atom. The van der Waals surface area contributed by atoms with Gasteiger partial charge in [0.1, 0.15) is 0 Å². The van der Waals surface area contributed by atoms with Gasteiger partial charge in [0.05, 0.1) is 0 Å². The van der Waals surface area contributed by atoms with Crippen molar-refractivity contribution < 1.29 is 0 Å². The number of allylic oxidation sites excluding steroid dienone is 16. The van der Waals surface area contributed by atoms with E-state index in [2.05, 4.69) is 97.2 Å². The second-order valence-electron chi connectivity index (χ2n) is 10.4. The molecule has 0 aromatic carbocycles. The van der Waals surface area contributed by atoms with E-state index in [0.29, 0.717) is 34.5 Å². The zero-order valence-electron chi connectivity index (χ0n) is 17.2. The van der Waals surface area contributed by atoms with E-state index >= 15 is 0 Å². The number of rotatable bonds is 4. The second kappa shape index (κ2) is 6.73. The largest absolute Gasteiger partial charge is 0.0770 e. The van der Waals surface area contributed by atoms with Crippen LogP contribution in [0.4, 0.5) is 0 Å². The van der Waals surface area contributed by atoms with Gasteiger partial charge in [0.15, 0.2) is 0 Å². The third-order valence-electron chi connectivity index (χ3n) is 8.99. The summed E-state index contributed by atoms with van der Waals surface area (Å²) in [5.41, 5.74) is 0.769. The minimum Gasteiger partial charge on any atom is -0.0770 e. The van der Waals surface area contributed by atoms with Crippen molar-refractivity contribution in [3.05, 3.63) is 97.2 Å². The third-order valence-corrected chi connectivity index (χ3v) is 8.99. The van der Waals surface area contributed by atoms with Crippen molar-refractivity contribution in [3.63, 3.8) is 0 Å². The van der Waals surface area contributed by atoms with E-state index in [-0.39, 0.29) is 0 Å². The molecule has 0 saturated heterocycles. The molecule has 0 amide bonds. The minimum atomic E-state index is 0.384. The highest BCUT2D eigenvalue weighted by Crippen LogP contribution is 2.64. The summed E-state index contributed by atoms with van der Waals surface area (Å²) >= 11 is 0. The van der Waals surface area contributed by atoms with Crippen molar-refractivity contribution in [1.82, 2.24) is 0 Å². The summed E-state index contributed by atoms with van der Waals surface area (Å²) < 4.78 is 0. The fourth-order valence-electron chi connectivity index (χ4n) is 8.06. The van der Waals surface area contributed by atoms with Gasteiger partial charge in [-0.05, 0) is 54.8 Å². The lowest BCUT2D eigenvalue weighted by Crippen LogP contribution is -2.50. The summed E-state index contributed by atoms with van der Waals surface area (Å²) in [7, 11) is 0. The number of fused-ring (bicyclic) bond motifs is 2.